The van der Waals surface area contributed by atoms with Gasteiger partial charge in [0, 0.05) is 24.5 Å². The summed E-state index contributed by atoms with van der Waals surface area (Å²) in [5.41, 5.74) is 1.06. The molecule has 0 fully saturated rings. The number of carbonyl (C=O) groups is 1. The third-order valence-electron chi connectivity index (χ3n) is 3.42. The maximum Gasteiger partial charge on any atom is 0.222 e. The van der Waals surface area contributed by atoms with E-state index >= 15 is 0 Å². The van der Waals surface area contributed by atoms with Crippen LogP contribution in [-0.4, -0.2) is 24.5 Å². The number of para-hydroxylation sites is 1. The Bertz CT molecular complexity index is 663. The fourth-order valence-corrected chi connectivity index (χ4v) is 2.54. The minimum absolute atomic E-state index is 0.0397. The van der Waals surface area contributed by atoms with Crippen molar-refractivity contribution in [2.45, 2.75) is 19.4 Å². The van der Waals surface area contributed by atoms with Crippen LogP contribution in [0.15, 0.2) is 53.0 Å². The predicted molar refractivity (Wildman–Crippen MR) is 91.7 cm³/mol. The third-order valence-corrected chi connectivity index (χ3v) is 4.19. The monoisotopic (exact) mass is 379 g/mol. The summed E-state index contributed by atoms with van der Waals surface area (Å²) >= 11 is 3.48. The molecule has 0 atom stereocenters. The molecule has 122 valence electrons. The number of halogens is 2. The van der Waals surface area contributed by atoms with Crippen LogP contribution in [-0.2, 0) is 11.3 Å². The van der Waals surface area contributed by atoms with Crippen LogP contribution >= 0.6 is 15.9 Å². The SMILES string of the molecule is CN(Cc1ccccc1Br)C(=O)CCCOc1ccccc1F. The first-order valence-electron chi connectivity index (χ1n) is 7.42. The van der Waals surface area contributed by atoms with Gasteiger partial charge in [-0.15, -0.1) is 0 Å². The van der Waals surface area contributed by atoms with Crippen LogP contribution in [0.4, 0.5) is 4.39 Å². The third kappa shape index (κ3) is 5.36. The first-order chi connectivity index (χ1) is 11.1. The molecule has 0 aromatic heterocycles. The van der Waals surface area contributed by atoms with Gasteiger partial charge >= 0.3 is 0 Å². The van der Waals surface area contributed by atoms with Gasteiger partial charge in [-0.3, -0.25) is 4.79 Å². The zero-order valence-corrected chi connectivity index (χ0v) is 14.6. The number of carbonyl (C=O) groups excluding carboxylic acids is 1. The van der Waals surface area contributed by atoms with Crippen LogP contribution in [0.3, 0.4) is 0 Å². The maximum absolute atomic E-state index is 13.4. The molecule has 0 unspecified atom stereocenters. The summed E-state index contributed by atoms with van der Waals surface area (Å²) in [6.07, 6.45) is 0.920. The highest BCUT2D eigenvalue weighted by atomic mass is 79.9. The van der Waals surface area contributed by atoms with E-state index in [0.717, 1.165) is 10.0 Å². The Morgan fingerprint density at radius 2 is 1.87 bits per heavy atom. The number of rotatable bonds is 7. The first kappa shape index (κ1) is 17.5. The quantitative estimate of drug-likeness (QED) is 0.667. The molecule has 0 heterocycles. The lowest BCUT2D eigenvalue weighted by Crippen LogP contribution is -2.26. The van der Waals surface area contributed by atoms with E-state index in [1.807, 2.05) is 24.3 Å². The minimum atomic E-state index is -0.384. The molecule has 0 radical (unpaired) electrons. The van der Waals surface area contributed by atoms with Crippen molar-refractivity contribution in [2.24, 2.45) is 0 Å². The zero-order chi connectivity index (χ0) is 16.7. The number of ether oxygens (including phenoxy) is 1. The van der Waals surface area contributed by atoms with Gasteiger partial charge in [0.2, 0.25) is 5.91 Å². The van der Waals surface area contributed by atoms with Crippen LogP contribution in [0, 0.1) is 5.82 Å². The molecule has 0 bridgehead atoms. The van der Waals surface area contributed by atoms with Crippen LogP contribution in [0.2, 0.25) is 0 Å². The number of nitrogens with zero attached hydrogens (tertiary/aromatic N) is 1. The molecule has 1 amide bonds. The van der Waals surface area contributed by atoms with Crippen LogP contribution in [0.5, 0.6) is 5.75 Å². The maximum atomic E-state index is 13.4. The molecule has 0 aliphatic heterocycles. The summed E-state index contributed by atoms with van der Waals surface area (Å²) in [5, 5.41) is 0. The molecule has 0 saturated carbocycles. The Morgan fingerprint density at radius 1 is 1.17 bits per heavy atom. The van der Waals surface area contributed by atoms with Crippen LogP contribution in [0.25, 0.3) is 0 Å². The molecule has 2 aromatic carbocycles. The molecule has 0 saturated heterocycles. The lowest BCUT2D eigenvalue weighted by atomic mass is 10.2. The molecule has 5 heteroatoms. The smallest absolute Gasteiger partial charge is 0.222 e. The number of hydrogen-bond acceptors (Lipinski definition) is 2. The molecular formula is C18H19BrFNO2. The molecule has 0 aliphatic carbocycles. The average Bonchev–Trinajstić information content (AvgIpc) is 2.55. The van der Waals surface area contributed by atoms with Gasteiger partial charge in [0.25, 0.3) is 0 Å². The fourth-order valence-electron chi connectivity index (χ4n) is 2.13. The van der Waals surface area contributed by atoms with Crippen molar-refractivity contribution >= 4 is 21.8 Å². The number of hydrogen-bond donors (Lipinski definition) is 0. The summed E-state index contributed by atoms with van der Waals surface area (Å²) < 4.78 is 19.7. The number of amides is 1. The van der Waals surface area contributed by atoms with Crippen molar-refractivity contribution in [3.63, 3.8) is 0 Å². The van der Waals surface area contributed by atoms with Crippen molar-refractivity contribution < 1.29 is 13.9 Å². The van der Waals surface area contributed by atoms with Gasteiger partial charge in [-0.1, -0.05) is 46.3 Å². The molecule has 3 nitrogen and oxygen atoms in total. The normalized spacial score (nSPS) is 10.4. The number of benzene rings is 2. The van der Waals surface area contributed by atoms with Gasteiger partial charge in [-0.2, -0.15) is 0 Å². The standard InChI is InChI=1S/C18H19BrFNO2/c1-21(13-14-7-2-3-8-15(14)19)18(22)11-6-12-23-17-10-5-4-9-16(17)20/h2-5,7-10H,6,11-13H2,1H3. The van der Waals surface area contributed by atoms with Gasteiger partial charge in [-0.25, -0.2) is 4.39 Å². The molecular weight excluding hydrogens is 361 g/mol. The molecule has 0 aliphatic rings. The summed E-state index contributed by atoms with van der Waals surface area (Å²) in [6, 6.07) is 14.1. The highest BCUT2D eigenvalue weighted by Gasteiger charge is 2.11. The van der Waals surface area contributed by atoms with E-state index in [0.29, 0.717) is 26.0 Å². The Labute approximate surface area is 144 Å². The lowest BCUT2D eigenvalue weighted by Gasteiger charge is -2.18. The van der Waals surface area contributed by atoms with E-state index in [1.54, 1.807) is 30.1 Å². The van der Waals surface area contributed by atoms with Crippen molar-refractivity contribution in [3.05, 3.63) is 64.4 Å². The Morgan fingerprint density at radius 3 is 2.61 bits per heavy atom. The molecule has 23 heavy (non-hydrogen) atoms. The van der Waals surface area contributed by atoms with E-state index in [2.05, 4.69) is 15.9 Å². The Hall–Kier alpha value is -1.88. The fraction of sp³-hybridized carbons (Fsp3) is 0.278. The molecule has 0 N–H and O–H groups in total. The highest BCUT2D eigenvalue weighted by molar-refractivity contribution is 9.10. The van der Waals surface area contributed by atoms with Crippen LogP contribution in [0.1, 0.15) is 18.4 Å². The summed E-state index contributed by atoms with van der Waals surface area (Å²) in [5.74, 6) is -0.121. The van der Waals surface area contributed by atoms with E-state index in [4.69, 9.17) is 4.74 Å². The summed E-state index contributed by atoms with van der Waals surface area (Å²) in [7, 11) is 1.78. The van der Waals surface area contributed by atoms with E-state index in [1.165, 1.54) is 6.07 Å². The zero-order valence-electron chi connectivity index (χ0n) is 13.0. The van der Waals surface area contributed by atoms with Gasteiger partial charge < -0.3 is 9.64 Å². The largest absolute Gasteiger partial charge is 0.491 e. The van der Waals surface area contributed by atoms with E-state index in [9.17, 15) is 9.18 Å². The molecule has 2 rings (SSSR count). The lowest BCUT2D eigenvalue weighted by molar-refractivity contribution is -0.130. The van der Waals surface area contributed by atoms with Crippen molar-refractivity contribution in [2.75, 3.05) is 13.7 Å². The second-order valence-corrected chi connectivity index (χ2v) is 6.08. The van der Waals surface area contributed by atoms with Crippen molar-refractivity contribution in [1.82, 2.24) is 4.90 Å². The van der Waals surface area contributed by atoms with Crippen molar-refractivity contribution in [3.8, 4) is 5.75 Å². The average molecular weight is 380 g/mol. The summed E-state index contributed by atoms with van der Waals surface area (Å²) in [4.78, 5) is 13.8. The minimum Gasteiger partial charge on any atom is -0.491 e. The van der Waals surface area contributed by atoms with E-state index in [-0.39, 0.29) is 17.5 Å². The van der Waals surface area contributed by atoms with Gasteiger partial charge in [0.15, 0.2) is 11.6 Å². The Balaban J connectivity index is 1.74. The van der Waals surface area contributed by atoms with Gasteiger partial charge in [0.05, 0.1) is 6.61 Å². The molecule has 0 spiro atoms. The van der Waals surface area contributed by atoms with Crippen molar-refractivity contribution in [1.29, 1.82) is 0 Å². The van der Waals surface area contributed by atoms with E-state index < -0.39 is 0 Å². The summed E-state index contributed by atoms with van der Waals surface area (Å²) in [6.45, 7) is 0.865. The van der Waals surface area contributed by atoms with Gasteiger partial charge in [0.1, 0.15) is 0 Å². The van der Waals surface area contributed by atoms with Gasteiger partial charge in [-0.05, 0) is 30.2 Å². The second kappa shape index (κ2) is 8.67. The first-order valence-corrected chi connectivity index (χ1v) is 8.22. The van der Waals surface area contributed by atoms with Crippen LogP contribution < -0.4 is 4.74 Å². The highest BCUT2D eigenvalue weighted by Crippen LogP contribution is 2.18. The molecule has 2 aromatic rings. The topological polar surface area (TPSA) is 29.5 Å². The second-order valence-electron chi connectivity index (χ2n) is 5.22. The predicted octanol–water partition coefficient (Wildman–Crippen LogP) is 4.41. The Kier molecular flexibility index (Phi) is 6.59.